The molecule has 29 heavy (non-hydrogen) atoms. The molecule has 154 valence electrons. The first kappa shape index (κ1) is 19.6. The zero-order valence-corrected chi connectivity index (χ0v) is 16.3. The summed E-state index contributed by atoms with van der Waals surface area (Å²) in [5.41, 5.74) is 0.682. The van der Waals surface area contributed by atoms with E-state index in [4.69, 9.17) is 18.4 Å². The molecular weight excluding hydrogens is 376 g/mol. The number of hydrogen-bond donors (Lipinski definition) is 1. The first-order chi connectivity index (χ1) is 14.3. The average Bonchev–Trinajstić information content (AvgIpc) is 3.49. The lowest BCUT2D eigenvalue weighted by molar-refractivity contribution is 0.144. The van der Waals surface area contributed by atoms with Gasteiger partial charge in [-0.15, -0.1) is 0 Å². The zero-order valence-electron chi connectivity index (χ0n) is 16.3. The van der Waals surface area contributed by atoms with E-state index in [9.17, 15) is 5.11 Å². The Morgan fingerprint density at radius 1 is 1.24 bits per heavy atom. The lowest BCUT2D eigenvalue weighted by atomic mass is 10.2. The number of hydrogen-bond acceptors (Lipinski definition) is 9. The fourth-order valence-corrected chi connectivity index (χ4v) is 3.47. The van der Waals surface area contributed by atoms with Crippen LogP contribution in [-0.2, 0) is 17.9 Å². The third-order valence-electron chi connectivity index (χ3n) is 4.86. The third kappa shape index (κ3) is 4.47. The molecule has 1 unspecified atom stereocenters. The number of nitrogens with zero attached hydrogens (tertiary/aromatic N) is 4. The second kappa shape index (κ2) is 9.17. The van der Waals surface area contributed by atoms with Gasteiger partial charge in [0, 0.05) is 13.3 Å². The van der Waals surface area contributed by atoms with Gasteiger partial charge in [-0.25, -0.2) is 4.98 Å². The highest BCUT2D eigenvalue weighted by Crippen LogP contribution is 2.34. The fraction of sp³-hybridized carbons (Fsp3) is 0.450. The van der Waals surface area contributed by atoms with Crippen LogP contribution in [0.4, 0.5) is 0 Å². The standard InChI is InChI=1S/C20H24N4O5/c1-26-10-11-27-19-16(4-2-8-21-19)18-22-20(29-23-18)17-5-3-9-24(17)12-14-6-7-15(13-25)28-14/h2,4,6-8,17,25H,3,5,9-13H2,1H3. The molecule has 1 N–H and O–H groups in total. The largest absolute Gasteiger partial charge is 0.475 e. The maximum Gasteiger partial charge on any atom is 0.244 e. The highest BCUT2D eigenvalue weighted by Gasteiger charge is 2.31. The predicted molar refractivity (Wildman–Crippen MR) is 102 cm³/mol. The number of aliphatic hydroxyl groups is 1. The van der Waals surface area contributed by atoms with Gasteiger partial charge >= 0.3 is 0 Å². The number of ether oxygens (including phenoxy) is 2. The van der Waals surface area contributed by atoms with Gasteiger partial charge in [-0.2, -0.15) is 4.98 Å². The number of likely N-dealkylation sites (tertiary alicyclic amines) is 1. The summed E-state index contributed by atoms with van der Waals surface area (Å²) in [6.07, 6.45) is 3.63. The molecule has 1 fully saturated rings. The van der Waals surface area contributed by atoms with Gasteiger partial charge in [0.05, 0.1) is 24.8 Å². The Balaban J connectivity index is 1.49. The summed E-state index contributed by atoms with van der Waals surface area (Å²) >= 11 is 0. The zero-order chi connectivity index (χ0) is 20.1. The normalized spacial score (nSPS) is 17.1. The van der Waals surface area contributed by atoms with Crippen LogP contribution in [0, 0.1) is 0 Å². The van der Waals surface area contributed by atoms with Crippen LogP contribution in [0.3, 0.4) is 0 Å². The number of aliphatic hydroxyl groups excluding tert-OH is 1. The van der Waals surface area contributed by atoms with Crippen molar-refractivity contribution in [3.8, 4) is 17.3 Å². The SMILES string of the molecule is COCCOc1ncccc1-c1noc(C2CCCN2Cc2ccc(CO)o2)n1. The van der Waals surface area contributed by atoms with Gasteiger partial charge in [-0.05, 0) is 43.7 Å². The fourth-order valence-electron chi connectivity index (χ4n) is 3.47. The quantitative estimate of drug-likeness (QED) is 0.542. The maximum absolute atomic E-state index is 9.18. The van der Waals surface area contributed by atoms with Crippen molar-refractivity contribution in [2.45, 2.75) is 32.0 Å². The molecule has 0 radical (unpaired) electrons. The molecule has 0 aromatic carbocycles. The predicted octanol–water partition coefficient (Wildman–Crippen LogP) is 2.58. The van der Waals surface area contributed by atoms with Gasteiger partial charge in [0.1, 0.15) is 24.7 Å². The van der Waals surface area contributed by atoms with Gasteiger partial charge in [0.15, 0.2) is 0 Å². The lowest BCUT2D eigenvalue weighted by Crippen LogP contribution is -2.22. The van der Waals surface area contributed by atoms with E-state index in [0.717, 1.165) is 25.1 Å². The van der Waals surface area contributed by atoms with Crippen LogP contribution < -0.4 is 4.74 Å². The van der Waals surface area contributed by atoms with Crippen LogP contribution in [0.1, 0.15) is 36.3 Å². The Bertz CT molecular complexity index is 925. The van der Waals surface area contributed by atoms with Crippen LogP contribution in [0.5, 0.6) is 5.88 Å². The first-order valence-electron chi connectivity index (χ1n) is 9.61. The van der Waals surface area contributed by atoms with Crippen molar-refractivity contribution in [3.63, 3.8) is 0 Å². The highest BCUT2D eigenvalue weighted by atomic mass is 16.5. The van der Waals surface area contributed by atoms with Crippen LogP contribution in [-0.4, -0.2) is 52.0 Å². The summed E-state index contributed by atoms with van der Waals surface area (Å²) in [5, 5.41) is 13.3. The van der Waals surface area contributed by atoms with Gasteiger partial charge in [0.25, 0.3) is 0 Å². The number of aromatic nitrogens is 3. The van der Waals surface area contributed by atoms with Crippen molar-refractivity contribution in [2.24, 2.45) is 0 Å². The molecule has 1 saturated heterocycles. The van der Waals surface area contributed by atoms with Gasteiger partial charge in [-0.1, -0.05) is 5.16 Å². The Hall–Kier alpha value is -2.75. The molecule has 3 aromatic heterocycles. The summed E-state index contributed by atoms with van der Waals surface area (Å²) in [7, 11) is 1.62. The Morgan fingerprint density at radius 2 is 2.14 bits per heavy atom. The van der Waals surface area contributed by atoms with Crippen molar-refractivity contribution in [1.29, 1.82) is 0 Å². The summed E-state index contributed by atoms with van der Waals surface area (Å²) < 4.78 is 21.9. The van der Waals surface area contributed by atoms with E-state index in [2.05, 4.69) is 20.0 Å². The molecule has 9 heteroatoms. The molecule has 4 rings (SSSR count). The number of pyridine rings is 1. The summed E-state index contributed by atoms with van der Waals surface area (Å²) in [4.78, 5) is 11.1. The number of methoxy groups -OCH3 is 1. The van der Waals surface area contributed by atoms with E-state index >= 15 is 0 Å². The van der Waals surface area contributed by atoms with Crippen LogP contribution in [0.15, 0.2) is 39.4 Å². The van der Waals surface area contributed by atoms with Crippen LogP contribution in [0.25, 0.3) is 11.4 Å². The molecule has 3 aromatic rings. The molecule has 0 bridgehead atoms. The monoisotopic (exact) mass is 400 g/mol. The molecule has 1 atom stereocenters. The molecule has 0 amide bonds. The molecular formula is C20H24N4O5. The minimum Gasteiger partial charge on any atom is -0.475 e. The molecule has 9 nitrogen and oxygen atoms in total. The second-order valence-corrected chi connectivity index (χ2v) is 6.81. The van der Waals surface area contributed by atoms with Crippen LogP contribution in [0.2, 0.25) is 0 Å². The van der Waals surface area contributed by atoms with Crippen molar-refractivity contribution in [1.82, 2.24) is 20.0 Å². The van der Waals surface area contributed by atoms with E-state index in [0.29, 0.717) is 48.7 Å². The summed E-state index contributed by atoms with van der Waals surface area (Å²) in [5.74, 6) is 2.84. The van der Waals surface area contributed by atoms with E-state index in [1.807, 2.05) is 18.2 Å². The minimum atomic E-state index is -0.101. The van der Waals surface area contributed by atoms with Gasteiger partial charge < -0.3 is 23.5 Å². The minimum absolute atomic E-state index is 0.0217. The molecule has 0 aliphatic carbocycles. The van der Waals surface area contributed by atoms with Crippen molar-refractivity contribution in [3.05, 3.63) is 47.9 Å². The molecule has 4 heterocycles. The summed E-state index contributed by atoms with van der Waals surface area (Å²) in [6.45, 7) is 2.29. The molecule has 0 saturated carbocycles. The molecule has 1 aliphatic rings. The van der Waals surface area contributed by atoms with Crippen molar-refractivity contribution < 1.29 is 23.5 Å². The number of rotatable bonds is 9. The Morgan fingerprint density at radius 3 is 2.97 bits per heavy atom. The molecule has 0 spiro atoms. The van der Waals surface area contributed by atoms with Gasteiger partial charge in [-0.3, -0.25) is 4.90 Å². The third-order valence-corrected chi connectivity index (χ3v) is 4.86. The van der Waals surface area contributed by atoms with E-state index in [1.165, 1.54) is 0 Å². The van der Waals surface area contributed by atoms with Crippen molar-refractivity contribution >= 4 is 0 Å². The summed E-state index contributed by atoms with van der Waals surface area (Å²) in [6, 6.07) is 7.37. The van der Waals surface area contributed by atoms with Crippen molar-refractivity contribution in [2.75, 3.05) is 26.9 Å². The van der Waals surface area contributed by atoms with Gasteiger partial charge in [0.2, 0.25) is 17.6 Å². The maximum atomic E-state index is 9.18. The lowest BCUT2D eigenvalue weighted by Gasteiger charge is -2.19. The van der Waals surface area contributed by atoms with E-state index in [1.54, 1.807) is 19.4 Å². The Kier molecular flexibility index (Phi) is 6.18. The second-order valence-electron chi connectivity index (χ2n) is 6.81. The van der Waals surface area contributed by atoms with E-state index in [-0.39, 0.29) is 12.6 Å². The Labute approximate surface area is 168 Å². The van der Waals surface area contributed by atoms with Crippen LogP contribution >= 0.6 is 0 Å². The first-order valence-corrected chi connectivity index (χ1v) is 9.61. The average molecular weight is 400 g/mol. The smallest absolute Gasteiger partial charge is 0.244 e. The van der Waals surface area contributed by atoms with E-state index < -0.39 is 0 Å². The molecule has 1 aliphatic heterocycles. The topological polar surface area (TPSA) is 107 Å². The number of furan rings is 1. The highest BCUT2D eigenvalue weighted by molar-refractivity contribution is 5.60.